The van der Waals surface area contributed by atoms with Crippen molar-refractivity contribution in [3.05, 3.63) is 71.0 Å². The van der Waals surface area contributed by atoms with Crippen LogP contribution in [0.4, 0.5) is 10.3 Å². The van der Waals surface area contributed by atoms with E-state index in [1.54, 1.807) is 10.7 Å². The van der Waals surface area contributed by atoms with Crippen LogP contribution in [-0.2, 0) is 6.42 Å². The Morgan fingerprint density at radius 2 is 2.03 bits per heavy atom. The number of aromatic nitrogens is 6. The van der Waals surface area contributed by atoms with Crippen LogP contribution in [-0.4, -0.2) is 36.1 Å². The summed E-state index contributed by atoms with van der Waals surface area (Å²) in [6.07, 6.45) is 7.17. The molecule has 2 N–H and O–H groups in total. The minimum atomic E-state index is -0.438. The number of halogens is 2. The van der Waals surface area contributed by atoms with Gasteiger partial charge in [0, 0.05) is 35.4 Å². The summed E-state index contributed by atoms with van der Waals surface area (Å²) in [5.74, 6) is 0.465. The Morgan fingerprint density at radius 3 is 2.93 bits per heavy atom. The fraction of sp³-hybridized carbons (Fsp3) is 0.100. The van der Waals surface area contributed by atoms with Crippen molar-refractivity contribution >= 4 is 38.4 Å². The molecule has 0 atom stereocenters. The standard InChI is InChI=1S/C20H15BrFN7/c21-16-11-26-29-19(16)27-18(13-7-14(22)10-23-8-13)28-20(29)24-6-5-12-9-25-17-4-2-1-3-15(12)17/h1-4,7-11,25H,5-6H2,(H,24,27,28). The quantitative estimate of drug-likeness (QED) is 0.417. The number of rotatable bonds is 5. The fourth-order valence-electron chi connectivity index (χ4n) is 3.28. The van der Waals surface area contributed by atoms with Crippen molar-refractivity contribution in [3.63, 3.8) is 0 Å². The van der Waals surface area contributed by atoms with E-state index in [0.29, 0.717) is 29.5 Å². The van der Waals surface area contributed by atoms with E-state index < -0.39 is 5.82 Å². The molecule has 0 bridgehead atoms. The van der Waals surface area contributed by atoms with Crippen LogP contribution in [0.3, 0.4) is 0 Å². The lowest BCUT2D eigenvalue weighted by Crippen LogP contribution is -2.12. The fourth-order valence-corrected chi connectivity index (χ4v) is 3.62. The molecule has 0 spiro atoms. The van der Waals surface area contributed by atoms with Crippen LogP contribution in [0.2, 0.25) is 0 Å². The highest BCUT2D eigenvalue weighted by Crippen LogP contribution is 2.23. The molecule has 0 aliphatic rings. The third-order valence-corrected chi connectivity index (χ3v) is 5.20. The summed E-state index contributed by atoms with van der Waals surface area (Å²) >= 11 is 3.45. The predicted molar refractivity (Wildman–Crippen MR) is 112 cm³/mol. The van der Waals surface area contributed by atoms with Gasteiger partial charge in [-0.05, 0) is 40.0 Å². The van der Waals surface area contributed by atoms with Gasteiger partial charge in [0.25, 0.3) is 0 Å². The lowest BCUT2D eigenvalue weighted by atomic mass is 10.1. The molecule has 0 aliphatic heterocycles. The molecule has 5 rings (SSSR count). The zero-order valence-corrected chi connectivity index (χ0v) is 16.7. The van der Waals surface area contributed by atoms with Crippen LogP contribution in [0.1, 0.15) is 5.56 Å². The molecule has 0 aliphatic carbocycles. The van der Waals surface area contributed by atoms with Gasteiger partial charge < -0.3 is 10.3 Å². The van der Waals surface area contributed by atoms with E-state index >= 15 is 0 Å². The number of para-hydroxylation sites is 1. The van der Waals surface area contributed by atoms with Gasteiger partial charge in [-0.25, -0.2) is 9.37 Å². The Labute approximate surface area is 173 Å². The third kappa shape index (κ3) is 3.33. The lowest BCUT2D eigenvalue weighted by Gasteiger charge is -2.09. The van der Waals surface area contributed by atoms with Gasteiger partial charge in [-0.1, -0.05) is 18.2 Å². The molecule has 9 heteroatoms. The highest BCUT2D eigenvalue weighted by atomic mass is 79.9. The topological polar surface area (TPSA) is 83.8 Å². The minimum absolute atomic E-state index is 0.375. The molecular formula is C20H15BrFN7. The molecule has 5 aromatic rings. The van der Waals surface area contributed by atoms with Crippen molar-refractivity contribution in [2.75, 3.05) is 11.9 Å². The molecule has 0 saturated carbocycles. The average Bonchev–Trinajstić information content (AvgIpc) is 3.32. The van der Waals surface area contributed by atoms with Crippen molar-refractivity contribution in [3.8, 4) is 11.4 Å². The van der Waals surface area contributed by atoms with Gasteiger partial charge in [-0.15, -0.1) is 0 Å². The number of hydrogen-bond acceptors (Lipinski definition) is 5. The van der Waals surface area contributed by atoms with Crippen molar-refractivity contribution in [1.29, 1.82) is 0 Å². The molecule has 0 fully saturated rings. The number of nitrogens with one attached hydrogen (secondary N) is 2. The Morgan fingerprint density at radius 1 is 1.14 bits per heavy atom. The maximum Gasteiger partial charge on any atom is 0.227 e. The first-order chi connectivity index (χ1) is 14.2. The summed E-state index contributed by atoms with van der Waals surface area (Å²) in [5, 5.41) is 8.86. The van der Waals surface area contributed by atoms with Crippen molar-refractivity contribution in [2.45, 2.75) is 6.42 Å². The molecule has 7 nitrogen and oxygen atoms in total. The van der Waals surface area contributed by atoms with Crippen LogP contribution in [0, 0.1) is 5.82 Å². The van der Waals surface area contributed by atoms with Gasteiger partial charge in [0.1, 0.15) is 5.82 Å². The molecular weight excluding hydrogens is 437 g/mol. The van der Waals surface area contributed by atoms with Crippen LogP contribution in [0.25, 0.3) is 27.9 Å². The van der Waals surface area contributed by atoms with Gasteiger partial charge in [0.2, 0.25) is 5.95 Å². The molecule has 0 amide bonds. The van der Waals surface area contributed by atoms with Crippen molar-refractivity contribution in [2.24, 2.45) is 0 Å². The van der Waals surface area contributed by atoms with Crippen LogP contribution < -0.4 is 5.32 Å². The SMILES string of the molecule is Fc1cncc(-c2nc(NCCc3c[nH]c4ccccc34)n3ncc(Br)c3n2)c1. The van der Waals surface area contributed by atoms with E-state index in [2.05, 4.69) is 58.4 Å². The maximum atomic E-state index is 13.6. The molecule has 0 radical (unpaired) electrons. The van der Waals surface area contributed by atoms with E-state index in [4.69, 9.17) is 0 Å². The Hall–Kier alpha value is -3.33. The summed E-state index contributed by atoms with van der Waals surface area (Å²) < 4.78 is 16.0. The number of anilines is 1. The first-order valence-corrected chi connectivity index (χ1v) is 9.79. The summed E-state index contributed by atoms with van der Waals surface area (Å²) in [6, 6.07) is 9.56. The van der Waals surface area contributed by atoms with Crippen LogP contribution >= 0.6 is 15.9 Å². The molecule has 144 valence electrons. The molecule has 1 aromatic carbocycles. The lowest BCUT2D eigenvalue weighted by molar-refractivity contribution is 0.622. The van der Waals surface area contributed by atoms with E-state index in [-0.39, 0.29) is 0 Å². The second-order valence-corrected chi connectivity index (χ2v) is 7.38. The first-order valence-electron chi connectivity index (χ1n) is 9.00. The average molecular weight is 452 g/mol. The number of fused-ring (bicyclic) bond motifs is 2. The Balaban J connectivity index is 1.46. The van der Waals surface area contributed by atoms with Crippen molar-refractivity contribution < 1.29 is 4.39 Å². The Kier molecular flexibility index (Phi) is 4.44. The summed E-state index contributed by atoms with van der Waals surface area (Å²) in [4.78, 5) is 16.2. The third-order valence-electron chi connectivity index (χ3n) is 4.64. The van der Waals surface area contributed by atoms with E-state index in [9.17, 15) is 4.39 Å². The number of hydrogen-bond donors (Lipinski definition) is 2. The predicted octanol–water partition coefficient (Wildman–Crippen LogP) is 4.22. The first kappa shape index (κ1) is 17.7. The number of pyridine rings is 1. The zero-order chi connectivity index (χ0) is 19.8. The highest BCUT2D eigenvalue weighted by molar-refractivity contribution is 9.10. The zero-order valence-electron chi connectivity index (χ0n) is 15.1. The van der Waals surface area contributed by atoms with Gasteiger partial charge >= 0.3 is 0 Å². The second-order valence-electron chi connectivity index (χ2n) is 6.53. The molecule has 29 heavy (non-hydrogen) atoms. The van der Waals surface area contributed by atoms with E-state index in [1.807, 2.05) is 18.3 Å². The number of benzene rings is 1. The monoisotopic (exact) mass is 451 g/mol. The smallest absolute Gasteiger partial charge is 0.227 e. The largest absolute Gasteiger partial charge is 0.361 e. The van der Waals surface area contributed by atoms with Gasteiger partial charge in [-0.3, -0.25) is 4.98 Å². The number of H-pyrrole nitrogens is 1. The summed E-state index contributed by atoms with van der Waals surface area (Å²) in [6.45, 7) is 0.645. The van der Waals surface area contributed by atoms with Crippen LogP contribution in [0.5, 0.6) is 0 Å². The van der Waals surface area contributed by atoms with Crippen LogP contribution in [0.15, 0.2) is 59.6 Å². The molecule has 0 unspecified atom stereocenters. The minimum Gasteiger partial charge on any atom is -0.361 e. The van der Waals surface area contributed by atoms with E-state index in [1.165, 1.54) is 23.2 Å². The Bertz CT molecular complexity index is 1330. The summed E-state index contributed by atoms with van der Waals surface area (Å²) in [7, 11) is 0. The summed E-state index contributed by atoms with van der Waals surface area (Å²) in [5.41, 5.74) is 3.42. The second kappa shape index (κ2) is 7.25. The number of nitrogens with zero attached hydrogens (tertiary/aromatic N) is 5. The molecule has 4 aromatic heterocycles. The van der Waals surface area contributed by atoms with Crippen molar-refractivity contribution in [1.82, 2.24) is 29.5 Å². The number of aromatic amines is 1. The van der Waals surface area contributed by atoms with Gasteiger partial charge in [0.05, 0.1) is 16.9 Å². The maximum absolute atomic E-state index is 13.6. The van der Waals surface area contributed by atoms with E-state index in [0.717, 1.165) is 22.6 Å². The molecule has 4 heterocycles. The van der Waals surface area contributed by atoms with Gasteiger partial charge in [0.15, 0.2) is 11.5 Å². The highest BCUT2D eigenvalue weighted by Gasteiger charge is 2.14. The normalized spacial score (nSPS) is 11.4. The van der Waals surface area contributed by atoms with Gasteiger partial charge in [-0.2, -0.15) is 14.6 Å². The molecule has 0 saturated heterocycles.